The number of benzene rings is 1. The van der Waals surface area contributed by atoms with Crippen molar-refractivity contribution in [3.05, 3.63) is 67.7 Å². The van der Waals surface area contributed by atoms with Gasteiger partial charge in [-0.25, -0.2) is 0 Å². The lowest BCUT2D eigenvalue weighted by molar-refractivity contribution is -0.336. The maximum absolute atomic E-state index is 14.1. The molecule has 2 N–H and O–H groups in total. The van der Waals surface area contributed by atoms with E-state index in [1.54, 1.807) is 47.7 Å². The highest BCUT2D eigenvalue weighted by Crippen LogP contribution is 2.49. The van der Waals surface area contributed by atoms with Gasteiger partial charge in [0.15, 0.2) is 5.79 Å². The Labute approximate surface area is 328 Å². The second-order valence-corrected chi connectivity index (χ2v) is 16.1. The number of hydrogen-bond donors (Lipinski definition) is 2. The van der Waals surface area contributed by atoms with Crippen LogP contribution < -0.4 is 10.1 Å². The Morgan fingerprint density at radius 3 is 2.19 bits per heavy atom. The maximum Gasteiger partial charge on any atom is 0.312 e. The third kappa shape index (κ3) is 7.41. The molecule has 6 rings (SSSR count). The number of ether oxygens (including phenoxy) is 6. The number of carbonyl (C=O) groups is 5. The third-order valence-electron chi connectivity index (χ3n) is 10.7. The van der Waals surface area contributed by atoms with Crippen LogP contribution in [0.4, 0.5) is 0 Å². The lowest BCUT2D eigenvalue weighted by Crippen LogP contribution is -2.56. The number of carbonyl (C=O) groups excluding carboxylic acids is 5. The number of nitrogens with one attached hydrogen (secondary N) is 1. The lowest BCUT2D eigenvalue weighted by Gasteiger charge is -2.50. The van der Waals surface area contributed by atoms with Crippen LogP contribution in [0.25, 0.3) is 0 Å². The molecule has 0 unspecified atom stereocenters. The predicted molar refractivity (Wildman–Crippen MR) is 204 cm³/mol. The molecule has 1 aromatic rings. The second kappa shape index (κ2) is 15.3. The van der Waals surface area contributed by atoms with Crippen molar-refractivity contribution in [2.75, 3.05) is 7.11 Å². The molecule has 292 valence electrons. The number of esters is 1. The molecule has 0 radical (unpaired) electrons. The molecular weight excluding hydrogens is 813 g/mol. The minimum atomic E-state index is -2.01. The first-order valence-corrected chi connectivity index (χ1v) is 18.9. The van der Waals surface area contributed by atoms with E-state index in [9.17, 15) is 29.1 Å². The van der Waals surface area contributed by atoms with E-state index in [1.165, 1.54) is 34.1 Å². The van der Waals surface area contributed by atoms with Crippen LogP contribution >= 0.6 is 22.6 Å². The Kier molecular flexibility index (Phi) is 11.7. The summed E-state index contributed by atoms with van der Waals surface area (Å²) in [4.78, 5) is 67.9. The quantitative estimate of drug-likeness (QED) is 0.256. The topological polar surface area (TPSA) is 173 Å². The lowest BCUT2D eigenvalue weighted by atomic mass is 9.77. The molecule has 1 fully saturated rings. The third-order valence-corrected chi connectivity index (χ3v) is 11.7. The summed E-state index contributed by atoms with van der Waals surface area (Å²) in [7, 11) is 1.49. The van der Waals surface area contributed by atoms with Crippen LogP contribution in [0.15, 0.2) is 45.4 Å². The molecule has 0 saturated carbocycles. The van der Waals surface area contributed by atoms with Gasteiger partial charge in [0, 0.05) is 55.8 Å². The first-order valence-electron chi connectivity index (χ1n) is 17.8. The summed E-state index contributed by atoms with van der Waals surface area (Å²) >= 11 is 1.65. The van der Waals surface area contributed by atoms with Crippen molar-refractivity contribution >= 4 is 51.8 Å². The molecule has 1 aliphatic carbocycles. The van der Waals surface area contributed by atoms with Crippen LogP contribution in [-0.4, -0.2) is 77.4 Å². The fourth-order valence-corrected chi connectivity index (χ4v) is 8.39. The molecule has 5 aliphatic rings. The van der Waals surface area contributed by atoms with Crippen molar-refractivity contribution < 1.29 is 57.5 Å². The number of hydrogen-bond acceptors (Lipinski definition) is 12. The number of fused-ring (bicyclic) bond motifs is 10. The van der Waals surface area contributed by atoms with Gasteiger partial charge in [0.1, 0.15) is 23.3 Å². The van der Waals surface area contributed by atoms with E-state index in [4.69, 9.17) is 28.4 Å². The van der Waals surface area contributed by atoms with E-state index in [2.05, 4.69) is 5.32 Å². The molecular formula is C40H48INO12. The molecule has 14 heteroatoms. The van der Waals surface area contributed by atoms with Gasteiger partial charge in [-0.05, 0) is 56.4 Å². The van der Waals surface area contributed by atoms with Gasteiger partial charge in [0.05, 0.1) is 44.8 Å². The van der Waals surface area contributed by atoms with Gasteiger partial charge in [0.25, 0.3) is 11.7 Å². The highest BCUT2D eigenvalue weighted by atomic mass is 127. The minimum Gasteiger partial charge on any atom is -0.507 e. The summed E-state index contributed by atoms with van der Waals surface area (Å²) in [5, 5.41) is 13.8. The number of halogens is 1. The Morgan fingerprint density at radius 2 is 1.56 bits per heavy atom. The molecule has 9 atom stereocenters. The van der Waals surface area contributed by atoms with Gasteiger partial charge in [-0.2, -0.15) is 0 Å². The van der Waals surface area contributed by atoms with E-state index < -0.39 is 76.3 Å². The number of amides is 1. The van der Waals surface area contributed by atoms with Crippen molar-refractivity contribution in [1.29, 1.82) is 0 Å². The zero-order valence-electron chi connectivity index (χ0n) is 32.3. The summed E-state index contributed by atoms with van der Waals surface area (Å²) in [6.45, 7) is 17.2. The van der Waals surface area contributed by atoms with E-state index in [0.717, 1.165) is 0 Å². The normalized spacial score (nSPS) is 35.0. The Hall–Kier alpha value is -3.86. The number of allylic oxidation sites excluding steroid dienone is 4. The van der Waals surface area contributed by atoms with Crippen molar-refractivity contribution in [2.24, 2.45) is 23.7 Å². The van der Waals surface area contributed by atoms with Crippen LogP contribution in [0.1, 0.15) is 99.0 Å². The monoisotopic (exact) mass is 861 g/mol. The number of rotatable bonds is 2. The number of methoxy groups -OCH3 is 1. The predicted octanol–water partition coefficient (Wildman–Crippen LogP) is 6.19. The Balaban J connectivity index is 1.64. The van der Waals surface area contributed by atoms with E-state index in [0.29, 0.717) is 0 Å². The number of phenols is 1. The van der Waals surface area contributed by atoms with Crippen molar-refractivity contribution in [1.82, 2.24) is 5.32 Å². The largest absolute Gasteiger partial charge is 0.507 e. The Morgan fingerprint density at radius 1 is 0.907 bits per heavy atom. The van der Waals surface area contributed by atoms with Crippen molar-refractivity contribution in [3.8, 4) is 11.5 Å². The SMILES string of the molecule is CO[C@H]1/C=C/O[C@@]2(C)Oc3c(C)c(O)c4c(c3C2=O)C(=O)C(I)=C(NC(=O)/C(C)=C\C=C\[C@H](C)[C@@H]2OC(C)(C)O[C@H]([C@H](C)[C@H](OC(C)=O)[C@@H]1C)[C@@H]2C)C4=O. The summed E-state index contributed by atoms with van der Waals surface area (Å²) in [6.07, 6.45) is 5.85. The summed E-state index contributed by atoms with van der Waals surface area (Å²) < 4.78 is 36.6. The average molecular weight is 862 g/mol. The zero-order chi connectivity index (χ0) is 40.2. The van der Waals surface area contributed by atoms with Gasteiger partial charge >= 0.3 is 11.8 Å². The summed E-state index contributed by atoms with van der Waals surface area (Å²) in [5.41, 5.74) is -1.03. The molecule has 1 saturated heterocycles. The van der Waals surface area contributed by atoms with E-state index >= 15 is 0 Å². The van der Waals surface area contributed by atoms with Gasteiger partial charge < -0.3 is 38.8 Å². The van der Waals surface area contributed by atoms with E-state index in [1.807, 2.05) is 47.6 Å². The molecule has 13 nitrogen and oxygen atoms in total. The second-order valence-electron chi connectivity index (χ2n) is 15.1. The first kappa shape index (κ1) is 41.3. The molecule has 0 spiro atoms. The van der Waals surface area contributed by atoms with Gasteiger partial charge in [-0.15, -0.1) is 0 Å². The standard InChI is InChI=1S/C40H48INO12/c1-17-13-12-14-18(2)38(48)42-29-28(41)31(45)25-26(32(29)46)30(44)20(4)36-27(25)37(47)40(10,54-36)50-16-15-24(49-11)19(3)34(51-23(7)43)22(6)35-21(5)33(17)52-39(8,9)53-35/h12-17,19,21-22,24,33-35,44H,1-11H3,(H,42,48)/b13-12+,16-15+,18-14-/t17-,19+,21+,22+,24-,33-,34+,35-,40-/m0/s1. The number of phenolic OH excluding ortho intramolecular Hbond substituents is 1. The fourth-order valence-electron chi connectivity index (χ4n) is 7.74. The highest BCUT2D eigenvalue weighted by molar-refractivity contribution is 14.1. The van der Waals surface area contributed by atoms with Crippen LogP contribution in [0.2, 0.25) is 0 Å². The first-order chi connectivity index (χ1) is 25.2. The fraction of sp³-hybridized carbons (Fsp3) is 0.525. The summed E-state index contributed by atoms with van der Waals surface area (Å²) in [6, 6.07) is 0. The maximum atomic E-state index is 14.1. The molecule has 7 bridgehead atoms. The van der Waals surface area contributed by atoms with Crippen molar-refractivity contribution in [3.63, 3.8) is 0 Å². The van der Waals surface area contributed by atoms with Crippen LogP contribution in [0.3, 0.4) is 0 Å². The molecule has 54 heavy (non-hydrogen) atoms. The molecule has 0 aromatic heterocycles. The average Bonchev–Trinajstić information content (AvgIpc) is 3.37. The minimum absolute atomic E-state index is 0.0356. The number of Topliss-reactive ketones (excluding diaryl/α,β-unsaturated/α-hetero) is 3. The van der Waals surface area contributed by atoms with Gasteiger partial charge in [-0.1, -0.05) is 45.9 Å². The molecule has 1 aromatic carbocycles. The smallest absolute Gasteiger partial charge is 0.312 e. The van der Waals surface area contributed by atoms with Crippen LogP contribution in [0, 0.1) is 30.6 Å². The number of aromatic hydroxyl groups is 1. The molecule has 1 amide bonds. The molecule has 4 heterocycles. The number of ketones is 3. The highest BCUT2D eigenvalue weighted by Gasteiger charge is 2.53. The molecule has 4 aliphatic heterocycles. The summed E-state index contributed by atoms with van der Waals surface area (Å²) in [5.74, 6) is -8.30. The zero-order valence-corrected chi connectivity index (χ0v) is 34.5. The van der Waals surface area contributed by atoms with E-state index in [-0.39, 0.29) is 61.1 Å². The van der Waals surface area contributed by atoms with Gasteiger partial charge in [-0.3, -0.25) is 24.0 Å². The van der Waals surface area contributed by atoms with Gasteiger partial charge in [0.2, 0.25) is 11.6 Å². The Bertz CT molecular complexity index is 1910. The van der Waals surface area contributed by atoms with Crippen LogP contribution in [-0.2, 0) is 33.3 Å². The van der Waals surface area contributed by atoms with Crippen molar-refractivity contribution in [2.45, 2.75) is 105 Å². The van der Waals surface area contributed by atoms with Crippen LogP contribution in [0.5, 0.6) is 11.5 Å².